The van der Waals surface area contributed by atoms with Crippen LogP contribution in [0.3, 0.4) is 0 Å². The Morgan fingerprint density at radius 2 is 2.00 bits per heavy atom. The molecule has 5 nitrogen and oxygen atoms in total. The average Bonchev–Trinajstić information content (AvgIpc) is 3.22. The Hall–Kier alpha value is -2.04. The lowest BCUT2D eigenvalue weighted by Gasteiger charge is -2.32. The number of nitrogens with zero attached hydrogens (tertiary/aromatic N) is 1. The summed E-state index contributed by atoms with van der Waals surface area (Å²) in [5.74, 6) is 0.841. The van der Waals surface area contributed by atoms with Crippen LogP contribution in [-0.4, -0.2) is 25.1 Å². The van der Waals surface area contributed by atoms with Gasteiger partial charge in [0.05, 0.1) is 12.8 Å². The number of hydrogen-bond acceptors (Lipinski definition) is 3. The number of imide groups is 1. The monoisotopic (exact) mass is 260 g/mol. The highest BCUT2D eigenvalue weighted by atomic mass is 16.5. The zero-order chi connectivity index (χ0) is 13.4. The second kappa shape index (κ2) is 4.57. The van der Waals surface area contributed by atoms with Gasteiger partial charge in [-0.25, -0.2) is 9.69 Å². The van der Waals surface area contributed by atoms with Gasteiger partial charge in [-0.1, -0.05) is 12.1 Å². The molecule has 0 aromatic heterocycles. The van der Waals surface area contributed by atoms with Crippen LogP contribution in [0.4, 0.5) is 10.5 Å². The third kappa shape index (κ3) is 2.16. The van der Waals surface area contributed by atoms with E-state index in [2.05, 4.69) is 5.32 Å². The summed E-state index contributed by atoms with van der Waals surface area (Å²) in [6.07, 6.45) is 2.58. The minimum absolute atomic E-state index is 0.00552. The van der Waals surface area contributed by atoms with Crippen LogP contribution in [0, 0.1) is 5.92 Å². The zero-order valence-electron chi connectivity index (χ0n) is 10.8. The average molecular weight is 260 g/mol. The second-order valence-corrected chi connectivity index (χ2v) is 5.00. The Morgan fingerprint density at radius 3 is 2.63 bits per heavy atom. The van der Waals surface area contributed by atoms with Crippen molar-refractivity contribution in [2.75, 3.05) is 12.0 Å². The van der Waals surface area contributed by atoms with Crippen LogP contribution in [0.2, 0.25) is 0 Å². The summed E-state index contributed by atoms with van der Waals surface area (Å²) in [7, 11) is 1.53. The highest BCUT2D eigenvalue weighted by Gasteiger charge is 2.41. The van der Waals surface area contributed by atoms with E-state index in [0.29, 0.717) is 23.8 Å². The van der Waals surface area contributed by atoms with Gasteiger partial charge in [-0.05, 0) is 30.9 Å². The SMILES string of the molecule is COc1ccccc1N1C(=O)CC(C2CC2)NC1=O. The molecule has 19 heavy (non-hydrogen) atoms. The predicted molar refractivity (Wildman–Crippen MR) is 70.1 cm³/mol. The molecule has 0 spiro atoms. The summed E-state index contributed by atoms with van der Waals surface area (Å²) in [5.41, 5.74) is 0.502. The van der Waals surface area contributed by atoms with Crippen molar-refractivity contribution in [2.24, 2.45) is 5.92 Å². The van der Waals surface area contributed by atoms with Crippen LogP contribution in [0.15, 0.2) is 24.3 Å². The van der Waals surface area contributed by atoms with Crippen molar-refractivity contribution in [3.8, 4) is 5.75 Å². The van der Waals surface area contributed by atoms with E-state index in [1.54, 1.807) is 18.2 Å². The number of hydrogen-bond donors (Lipinski definition) is 1. The molecule has 1 saturated heterocycles. The Bertz CT molecular complexity index is 507. The van der Waals surface area contributed by atoms with E-state index < -0.39 is 0 Å². The van der Waals surface area contributed by atoms with Gasteiger partial charge >= 0.3 is 6.03 Å². The van der Waals surface area contributed by atoms with Gasteiger partial charge in [0.25, 0.3) is 0 Å². The number of ether oxygens (including phenoxy) is 1. The summed E-state index contributed by atoms with van der Waals surface area (Å²) >= 11 is 0. The fourth-order valence-corrected chi connectivity index (χ4v) is 2.51. The lowest BCUT2D eigenvalue weighted by molar-refractivity contribution is -0.119. The quantitative estimate of drug-likeness (QED) is 0.903. The molecule has 3 amide bonds. The number of carbonyl (C=O) groups excluding carboxylic acids is 2. The molecular weight excluding hydrogens is 244 g/mol. The minimum atomic E-state index is -0.349. The van der Waals surface area contributed by atoms with Crippen LogP contribution in [0.25, 0.3) is 0 Å². The Labute approximate surface area is 111 Å². The Balaban J connectivity index is 1.88. The van der Waals surface area contributed by atoms with Crippen LogP contribution >= 0.6 is 0 Å². The number of anilines is 1. The van der Waals surface area contributed by atoms with E-state index >= 15 is 0 Å². The van der Waals surface area contributed by atoms with E-state index in [1.807, 2.05) is 6.07 Å². The maximum atomic E-state index is 12.2. The molecule has 0 radical (unpaired) electrons. The fraction of sp³-hybridized carbons (Fsp3) is 0.429. The van der Waals surface area contributed by atoms with Crippen LogP contribution in [-0.2, 0) is 4.79 Å². The van der Waals surface area contributed by atoms with Crippen molar-refractivity contribution < 1.29 is 14.3 Å². The molecule has 5 heteroatoms. The number of rotatable bonds is 3. The number of nitrogens with one attached hydrogen (secondary N) is 1. The van der Waals surface area contributed by atoms with Crippen molar-refractivity contribution in [3.05, 3.63) is 24.3 Å². The van der Waals surface area contributed by atoms with Crippen LogP contribution in [0.1, 0.15) is 19.3 Å². The molecule has 1 heterocycles. The van der Waals surface area contributed by atoms with E-state index in [9.17, 15) is 9.59 Å². The molecular formula is C14H16N2O3. The lowest BCUT2D eigenvalue weighted by atomic mass is 10.1. The van der Waals surface area contributed by atoms with Gasteiger partial charge in [-0.15, -0.1) is 0 Å². The topological polar surface area (TPSA) is 58.6 Å². The van der Waals surface area contributed by atoms with Crippen molar-refractivity contribution in [1.29, 1.82) is 0 Å². The summed E-state index contributed by atoms with van der Waals surface area (Å²) in [4.78, 5) is 25.6. The first-order valence-corrected chi connectivity index (χ1v) is 6.47. The van der Waals surface area contributed by atoms with Gasteiger partial charge < -0.3 is 10.1 Å². The maximum absolute atomic E-state index is 12.2. The highest BCUT2D eigenvalue weighted by Crippen LogP contribution is 2.37. The summed E-state index contributed by atoms with van der Waals surface area (Å²) < 4.78 is 5.21. The number of urea groups is 1. The third-order valence-corrected chi connectivity index (χ3v) is 3.67. The summed E-state index contributed by atoms with van der Waals surface area (Å²) in [6.45, 7) is 0. The molecule has 1 aliphatic heterocycles. The van der Waals surface area contributed by atoms with Gasteiger partial charge in [0.1, 0.15) is 5.75 Å². The van der Waals surface area contributed by atoms with Crippen LogP contribution in [0.5, 0.6) is 5.75 Å². The predicted octanol–water partition coefficient (Wildman–Crippen LogP) is 1.92. The van der Waals surface area contributed by atoms with Gasteiger partial charge in [-0.3, -0.25) is 4.79 Å². The van der Waals surface area contributed by atoms with Gasteiger partial charge in [-0.2, -0.15) is 0 Å². The van der Waals surface area contributed by atoms with Gasteiger partial charge in [0.15, 0.2) is 0 Å². The van der Waals surface area contributed by atoms with E-state index in [1.165, 1.54) is 12.0 Å². The molecule has 2 aliphatic rings. The second-order valence-electron chi connectivity index (χ2n) is 5.00. The molecule has 1 unspecified atom stereocenters. The molecule has 1 N–H and O–H groups in total. The normalized spacial score (nSPS) is 23.2. The number of carbonyl (C=O) groups is 2. The number of amides is 3. The first-order chi connectivity index (χ1) is 9.20. The molecule has 1 aromatic rings. The first kappa shape index (κ1) is 12.0. The Morgan fingerprint density at radius 1 is 1.26 bits per heavy atom. The van der Waals surface area contributed by atoms with Gasteiger partial charge in [0, 0.05) is 12.5 Å². The molecule has 100 valence electrons. The fourth-order valence-electron chi connectivity index (χ4n) is 2.51. The lowest BCUT2D eigenvalue weighted by Crippen LogP contribution is -2.55. The van der Waals surface area contributed by atoms with E-state index in [0.717, 1.165) is 12.8 Å². The first-order valence-electron chi connectivity index (χ1n) is 6.47. The molecule has 1 saturated carbocycles. The van der Waals surface area contributed by atoms with Crippen molar-refractivity contribution in [2.45, 2.75) is 25.3 Å². The third-order valence-electron chi connectivity index (χ3n) is 3.67. The molecule has 0 bridgehead atoms. The highest BCUT2D eigenvalue weighted by molar-refractivity contribution is 6.16. The standard InChI is InChI=1S/C14H16N2O3/c1-19-12-5-3-2-4-11(12)16-13(17)8-10(9-6-7-9)15-14(16)18/h2-5,9-10H,6-8H2,1H3,(H,15,18). The largest absolute Gasteiger partial charge is 0.495 e. The number of benzene rings is 1. The molecule has 1 atom stereocenters. The van der Waals surface area contributed by atoms with Gasteiger partial charge in [0.2, 0.25) is 5.91 Å². The summed E-state index contributed by atoms with van der Waals surface area (Å²) in [5, 5.41) is 2.92. The van der Waals surface area contributed by atoms with Crippen molar-refractivity contribution >= 4 is 17.6 Å². The smallest absolute Gasteiger partial charge is 0.329 e. The number of methoxy groups -OCH3 is 1. The van der Waals surface area contributed by atoms with E-state index in [-0.39, 0.29) is 18.0 Å². The Kier molecular flexibility index (Phi) is 2.89. The number of para-hydroxylation sites is 2. The molecule has 1 aliphatic carbocycles. The molecule has 2 fully saturated rings. The van der Waals surface area contributed by atoms with Crippen LogP contribution < -0.4 is 15.0 Å². The van der Waals surface area contributed by atoms with Crippen molar-refractivity contribution in [1.82, 2.24) is 5.32 Å². The minimum Gasteiger partial charge on any atom is -0.495 e. The van der Waals surface area contributed by atoms with E-state index in [4.69, 9.17) is 4.74 Å². The van der Waals surface area contributed by atoms with Crippen molar-refractivity contribution in [3.63, 3.8) is 0 Å². The molecule has 3 rings (SSSR count). The maximum Gasteiger partial charge on any atom is 0.329 e. The zero-order valence-corrected chi connectivity index (χ0v) is 10.8. The summed E-state index contributed by atoms with van der Waals surface area (Å²) in [6, 6.07) is 6.70. The molecule has 1 aromatic carbocycles.